The molecule has 0 saturated carbocycles. The minimum Gasteiger partial charge on any atom is -0.342 e. The molecule has 1 aromatic heterocycles. The lowest BCUT2D eigenvalue weighted by atomic mass is 10.3. The van der Waals surface area contributed by atoms with Crippen LogP contribution >= 0.6 is 0 Å². The second kappa shape index (κ2) is 9.86. The Kier molecular flexibility index (Phi) is 7.14. The molecule has 176 valence electrons. The number of piperazine rings is 1. The van der Waals surface area contributed by atoms with Gasteiger partial charge in [-0.3, -0.25) is 14.6 Å². The highest BCUT2D eigenvalue weighted by Crippen LogP contribution is 2.22. The molecule has 2 N–H and O–H groups in total. The second-order valence-corrected chi connectivity index (χ2v) is 10.4. The maximum absolute atomic E-state index is 12.4. The number of primary sulfonamides is 1. The summed E-state index contributed by atoms with van der Waals surface area (Å²) in [7, 11) is -3.76. The predicted octanol–water partition coefficient (Wildman–Crippen LogP) is 1.22. The number of nitrogens with zero attached hydrogens (tertiary/aromatic N) is 5. The van der Waals surface area contributed by atoms with Gasteiger partial charge in [0.2, 0.25) is 15.9 Å². The monoisotopic (exact) mass is 462 g/mol. The van der Waals surface area contributed by atoms with Crippen LogP contribution in [0.5, 0.6) is 0 Å². The van der Waals surface area contributed by atoms with E-state index in [0.717, 1.165) is 82.8 Å². The Morgan fingerprint density at radius 3 is 2.41 bits per heavy atom. The van der Waals surface area contributed by atoms with E-state index >= 15 is 0 Å². The van der Waals surface area contributed by atoms with E-state index in [9.17, 15) is 13.2 Å². The molecule has 2 aliphatic heterocycles. The van der Waals surface area contributed by atoms with E-state index in [0.29, 0.717) is 18.6 Å². The zero-order valence-corrected chi connectivity index (χ0v) is 19.7. The van der Waals surface area contributed by atoms with E-state index in [2.05, 4.69) is 21.3 Å². The topological polar surface area (TPSA) is 105 Å². The highest BCUT2D eigenvalue weighted by atomic mass is 32.2. The molecule has 2 saturated heterocycles. The van der Waals surface area contributed by atoms with E-state index in [1.54, 1.807) is 12.1 Å². The van der Waals surface area contributed by atoms with Crippen LogP contribution in [-0.4, -0.2) is 84.4 Å². The van der Waals surface area contributed by atoms with E-state index in [1.807, 2.05) is 11.0 Å². The van der Waals surface area contributed by atoms with Crippen molar-refractivity contribution in [3.63, 3.8) is 0 Å². The Balaban J connectivity index is 1.43. The molecule has 3 heterocycles. The van der Waals surface area contributed by atoms with Gasteiger partial charge < -0.3 is 9.47 Å². The Morgan fingerprint density at radius 1 is 1.06 bits per heavy atom. The number of imidazole rings is 1. The summed E-state index contributed by atoms with van der Waals surface area (Å²) >= 11 is 0. The molecule has 0 atom stereocenters. The molecule has 2 fully saturated rings. The first-order valence-electron chi connectivity index (χ1n) is 11.6. The summed E-state index contributed by atoms with van der Waals surface area (Å²) in [6.07, 6.45) is 4.34. The second-order valence-electron chi connectivity index (χ2n) is 8.87. The van der Waals surface area contributed by atoms with Gasteiger partial charge in [-0.15, -0.1) is 0 Å². The van der Waals surface area contributed by atoms with Crippen molar-refractivity contribution in [2.75, 3.05) is 45.8 Å². The van der Waals surface area contributed by atoms with Crippen LogP contribution in [0.1, 0.15) is 38.4 Å². The van der Waals surface area contributed by atoms with Crippen LogP contribution in [-0.2, 0) is 27.9 Å². The number of benzene rings is 1. The molecular weight excluding hydrogens is 428 g/mol. The number of aromatic nitrogens is 2. The molecule has 0 unspecified atom stereocenters. The average molecular weight is 463 g/mol. The zero-order chi connectivity index (χ0) is 22.7. The van der Waals surface area contributed by atoms with Crippen molar-refractivity contribution in [3.05, 3.63) is 24.0 Å². The van der Waals surface area contributed by atoms with Crippen LogP contribution in [0.15, 0.2) is 23.1 Å². The SMILES string of the molecule is CCCCn1c(CN2CCN(CC(=O)N3CCCC3)CC2)nc2cc(S(N)(=O)=O)ccc21. The van der Waals surface area contributed by atoms with Crippen molar-refractivity contribution in [2.24, 2.45) is 5.14 Å². The lowest BCUT2D eigenvalue weighted by Crippen LogP contribution is -2.49. The van der Waals surface area contributed by atoms with Gasteiger partial charge in [-0.25, -0.2) is 18.5 Å². The summed E-state index contributed by atoms with van der Waals surface area (Å²) in [4.78, 5) is 23.9. The highest BCUT2D eigenvalue weighted by molar-refractivity contribution is 7.89. The number of aryl methyl sites for hydroxylation is 1. The van der Waals surface area contributed by atoms with Crippen molar-refractivity contribution in [1.82, 2.24) is 24.3 Å². The maximum atomic E-state index is 12.4. The van der Waals surface area contributed by atoms with Crippen LogP contribution in [0, 0.1) is 0 Å². The van der Waals surface area contributed by atoms with Crippen LogP contribution < -0.4 is 5.14 Å². The first-order chi connectivity index (χ1) is 15.3. The number of sulfonamides is 1. The number of hydrogen-bond acceptors (Lipinski definition) is 6. The molecule has 1 amide bonds. The van der Waals surface area contributed by atoms with Gasteiger partial charge in [-0.05, 0) is 37.5 Å². The van der Waals surface area contributed by atoms with E-state index in [-0.39, 0.29) is 10.8 Å². The largest absolute Gasteiger partial charge is 0.342 e. The van der Waals surface area contributed by atoms with Gasteiger partial charge in [-0.1, -0.05) is 13.3 Å². The van der Waals surface area contributed by atoms with Crippen LogP contribution in [0.4, 0.5) is 0 Å². The van der Waals surface area contributed by atoms with Gasteiger partial charge >= 0.3 is 0 Å². The molecular formula is C22H34N6O3S. The van der Waals surface area contributed by atoms with Crippen molar-refractivity contribution >= 4 is 27.0 Å². The lowest BCUT2D eigenvalue weighted by molar-refractivity contribution is -0.131. The van der Waals surface area contributed by atoms with Crippen LogP contribution in [0.25, 0.3) is 11.0 Å². The van der Waals surface area contributed by atoms with Crippen molar-refractivity contribution in [1.29, 1.82) is 0 Å². The number of amides is 1. The standard InChI is InChI=1S/C22H34N6O3S/c1-2-3-10-28-20-7-6-18(32(23,30)31)15-19(20)24-21(28)16-25-11-13-26(14-12-25)17-22(29)27-8-4-5-9-27/h6-7,15H,2-5,8-14,16-17H2,1H3,(H2,23,30,31). The lowest BCUT2D eigenvalue weighted by Gasteiger charge is -2.34. The Morgan fingerprint density at radius 2 is 1.75 bits per heavy atom. The Labute approximate surface area is 190 Å². The van der Waals surface area contributed by atoms with E-state index in [1.165, 1.54) is 0 Å². The normalized spacial score (nSPS) is 18.6. The third-order valence-electron chi connectivity index (χ3n) is 6.51. The third-order valence-corrected chi connectivity index (χ3v) is 7.42. The quantitative estimate of drug-likeness (QED) is 0.633. The predicted molar refractivity (Wildman–Crippen MR) is 124 cm³/mol. The Bertz CT molecular complexity index is 1050. The number of carbonyl (C=O) groups is 1. The number of hydrogen-bond donors (Lipinski definition) is 1. The third kappa shape index (κ3) is 5.31. The van der Waals surface area contributed by atoms with E-state index in [4.69, 9.17) is 10.1 Å². The molecule has 0 spiro atoms. The number of rotatable bonds is 8. The van der Waals surface area contributed by atoms with Gasteiger partial charge in [0, 0.05) is 45.8 Å². The van der Waals surface area contributed by atoms with Crippen LogP contribution in [0.3, 0.4) is 0 Å². The molecule has 32 heavy (non-hydrogen) atoms. The average Bonchev–Trinajstić information content (AvgIpc) is 3.41. The Hall–Kier alpha value is -2.01. The summed E-state index contributed by atoms with van der Waals surface area (Å²) in [6.45, 7) is 9.52. The smallest absolute Gasteiger partial charge is 0.238 e. The van der Waals surface area contributed by atoms with Gasteiger partial charge in [0.05, 0.1) is 29.0 Å². The van der Waals surface area contributed by atoms with Crippen molar-refractivity contribution in [3.8, 4) is 0 Å². The number of fused-ring (bicyclic) bond motifs is 1. The van der Waals surface area contributed by atoms with Crippen molar-refractivity contribution in [2.45, 2.75) is 50.6 Å². The molecule has 4 rings (SSSR count). The minimum absolute atomic E-state index is 0.0907. The highest BCUT2D eigenvalue weighted by Gasteiger charge is 2.24. The van der Waals surface area contributed by atoms with E-state index < -0.39 is 10.0 Å². The molecule has 0 aliphatic carbocycles. The molecule has 2 aliphatic rings. The molecule has 0 radical (unpaired) electrons. The number of unbranched alkanes of at least 4 members (excludes halogenated alkanes) is 1. The maximum Gasteiger partial charge on any atom is 0.238 e. The fraction of sp³-hybridized carbons (Fsp3) is 0.636. The molecule has 1 aromatic carbocycles. The fourth-order valence-corrected chi connectivity index (χ4v) is 5.12. The molecule has 10 heteroatoms. The summed E-state index contributed by atoms with van der Waals surface area (Å²) in [6, 6.07) is 4.93. The number of nitrogens with two attached hydrogens (primary N) is 1. The van der Waals surface area contributed by atoms with Gasteiger partial charge in [-0.2, -0.15) is 0 Å². The minimum atomic E-state index is -3.76. The first kappa shape index (κ1) is 23.2. The molecule has 9 nitrogen and oxygen atoms in total. The number of carbonyl (C=O) groups excluding carboxylic acids is 1. The van der Waals surface area contributed by atoms with Crippen molar-refractivity contribution < 1.29 is 13.2 Å². The van der Waals surface area contributed by atoms with Gasteiger partial charge in [0.15, 0.2) is 0 Å². The number of likely N-dealkylation sites (tertiary alicyclic amines) is 1. The summed E-state index contributed by atoms with van der Waals surface area (Å²) < 4.78 is 25.7. The van der Waals surface area contributed by atoms with Gasteiger partial charge in [0.1, 0.15) is 5.82 Å². The van der Waals surface area contributed by atoms with Crippen LogP contribution in [0.2, 0.25) is 0 Å². The fourth-order valence-electron chi connectivity index (χ4n) is 4.59. The summed E-state index contributed by atoms with van der Waals surface area (Å²) in [5.74, 6) is 1.20. The molecule has 2 aromatic rings. The molecule has 0 bridgehead atoms. The first-order valence-corrected chi connectivity index (χ1v) is 13.1. The van der Waals surface area contributed by atoms with Gasteiger partial charge in [0.25, 0.3) is 0 Å². The summed E-state index contributed by atoms with van der Waals surface area (Å²) in [5, 5.41) is 5.31. The summed E-state index contributed by atoms with van der Waals surface area (Å²) in [5.41, 5.74) is 1.60. The zero-order valence-electron chi connectivity index (χ0n) is 18.9.